The fourth-order valence-corrected chi connectivity index (χ4v) is 6.74. The first-order chi connectivity index (χ1) is 27.7. The zero-order chi connectivity index (χ0) is 41.9. The molecule has 0 aliphatic carbocycles. The Hall–Kier alpha value is -2.32. The summed E-state index contributed by atoms with van der Waals surface area (Å²) >= 11 is 0. The summed E-state index contributed by atoms with van der Waals surface area (Å²) in [5, 5.41) is 0. The van der Waals surface area contributed by atoms with Gasteiger partial charge in [-0.2, -0.15) is 0 Å². The maximum atomic E-state index is 12.4. The predicted octanol–water partition coefficient (Wildman–Crippen LogP) is 13.5. The molecule has 2 N–H and O–H groups in total. The summed E-state index contributed by atoms with van der Waals surface area (Å²) in [7, 11) is -4.79. The summed E-state index contributed by atoms with van der Waals surface area (Å²) in [4.78, 5) is 54.6. The van der Waals surface area contributed by atoms with Crippen molar-refractivity contribution in [2.75, 3.05) is 13.2 Å². The Morgan fingerprint density at radius 3 is 1.47 bits per heavy atom. The van der Waals surface area contributed by atoms with E-state index in [2.05, 4.69) is 18.4 Å². The van der Waals surface area contributed by atoms with E-state index in [0.717, 1.165) is 44.9 Å². The van der Waals surface area contributed by atoms with E-state index in [4.69, 9.17) is 19.3 Å². The van der Waals surface area contributed by atoms with Crippen molar-refractivity contribution in [3.8, 4) is 0 Å². The molecule has 0 heterocycles. The Labute approximate surface area is 348 Å². The summed E-state index contributed by atoms with van der Waals surface area (Å²) < 4.78 is 26.4. The Morgan fingerprint density at radius 2 is 0.947 bits per heavy atom. The highest BCUT2D eigenvalue weighted by Gasteiger charge is 2.22. The summed E-state index contributed by atoms with van der Waals surface area (Å²) in [6, 6.07) is 0. The molecule has 0 spiro atoms. The van der Waals surface area contributed by atoms with Gasteiger partial charge >= 0.3 is 19.8 Å². The largest absolute Gasteiger partial charge is 0.469 e. The van der Waals surface area contributed by atoms with Gasteiger partial charge in [-0.25, -0.2) is 4.57 Å². The molecule has 0 aromatic carbocycles. The normalized spacial score (nSPS) is 12.8. The van der Waals surface area contributed by atoms with Gasteiger partial charge in [-0.3, -0.25) is 18.9 Å². The minimum Gasteiger partial charge on any atom is -0.462 e. The van der Waals surface area contributed by atoms with Gasteiger partial charge in [-0.15, -0.1) is 0 Å². The second-order valence-corrected chi connectivity index (χ2v) is 16.7. The molecule has 0 fully saturated rings. The van der Waals surface area contributed by atoms with Crippen LogP contribution in [0, 0.1) is 0 Å². The van der Waals surface area contributed by atoms with Gasteiger partial charge in [-0.1, -0.05) is 198 Å². The molecule has 1 atom stereocenters. The minimum absolute atomic E-state index is 0.111. The predicted molar refractivity (Wildman–Crippen MR) is 235 cm³/mol. The number of hydrogen-bond acceptors (Lipinski definition) is 7. The number of rotatable bonds is 42. The second kappa shape index (κ2) is 41.8. The van der Waals surface area contributed by atoms with Crippen molar-refractivity contribution >= 4 is 25.5 Å². The Kier molecular flexibility index (Phi) is 40.1. The molecular weight excluding hydrogens is 739 g/mol. The number of allylic oxidation sites excluding steroid dienone is 8. The fourth-order valence-electron chi connectivity index (χ4n) is 6.38. The third-order valence-electron chi connectivity index (χ3n) is 9.83. The number of hydrogen-bond donors (Lipinski definition) is 2. The van der Waals surface area contributed by atoms with Crippen LogP contribution in [0.25, 0.3) is 0 Å². The number of ether oxygens (including phenoxy) is 2. The highest BCUT2D eigenvalue weighted by Crippen LogP contribution is 2.36. The molecule has 0 aromatic rings. The van der Waals surface area contributed by atoms with Crippen molar-refractivity contribution in [1.29, 1.82) is 0 Å². The monoisotopic (exact) mass is 823 g/mol. The molecule has 9 nitrogen and oxygen atoms in total. The molecule has 0 rings (SSSR count). The van der Waals surface area contributed by atoms with Crippen LogP contribution in [0.2, 0.25) is 0 Å². The van der Waals surface area contributed by atoms with Crippen molar-refractivity contribution in [2.45, 2.75) is 219 Å². The number of carbonyl (C=O) groups is 3. The third kappa shape index (κ3) is 44.6. The smallest absolute Gasteiger partial charge is 0.462 e. The standard InChI is InChI=1S/C47H83O9P/c1-3-5-7-8-9-10-11-12-13-14-15-16-17-18-19-20-23-26-29-32-36-40-46(49)54-42-45(43-55-57(51,52)53)56-47(50)41-37-33-30-27-24-21-22-25-28-31-35-39-44(48)38-34-6-4-2/h21-22,27-28,30-31,35,39,45H,3-20,23-26,29,32-34,36-38,40-43H2,1-2H3,(H2,51,52,53)/b22-21-,30-27-,31-28-,39-35+/t45-/m1/s1. The Morgan fingerprint density at radius 1 is 0.509 bits per heavy atom. The summed E-state index contributed by atoms with van der Waals surface area (Å²) in [5.74, 6) is -0.814. The van der Waals surface area contributed by atoms with Gasteiger partial charge < -0.3 is 19.3 Å². The van der Waals surface area contributed by atoms with Crippen molar-refractivity contribution in [1.82, 2.24) is 0 Å². The van der Waals surface area contributed by atoms with E-state index < -0.39 is 32.5 Å². The third-order valence-corrected chi connectivity index (χ3v) is 10.3. The zero-order valence-electron chi connectivity index (χ0n) is 36.2. The summed E-state index contributed by atoms with van der Waals surface area (Å²) in [6.07, 6.45) is 48.3. The summed E-state index contributed by atoms with van der Waals surface area (Å²) in [6.45, 7) is 3.50. The van der Waals surface area contributed by atoms with E-state index in [1.54, 1.807) is 12.2 Å². The minimum atomic E-state index is -4.79. The van der Waals surface area contributed by atoms with Crippen LogP contribution in [0.5, 0.6) is 0 Å². The lowest BCUT2D eigenvalue weighted by Crippen LogP contribution is -2.29. The lowest BCUT2D eigenvalue weighted by atomic mass is 10.0. The molecule has 10 heteroatoms. The number of carbonyl (C=O) groups excluding carboxylic acids is 3. The topological polar surface area (TPSA) is 136 Å². The van der Waals surface area contributed by atoms with Gasteiger partial charge in [0.25, 0.3) is 0 Å². The quantitative estimate of drug-likeness (QED) is 0.0154. The SMILES string of the molecule is CCCCCCCCCCCCCCCCCCCCCCCC(=O)OC[C@H](COP(=O)(O)O)OC(=O)CCC/C=C\C/C=C\C/C=C\C=C\C(=O)CCCCC. The lowest BCUT2D eigenvalue weighted by Gasteiger charge is -2.18. The van der Waals surface area contributed by atoms with Gasteiger partial charge in [0.15, 0.2) is 11.9 Å². The van der Waals surface area contributed by atoms with Crippen molar-refractivity contribution in [2.24, 2.45) is 0 Å². The van der Waals surface area contributed by atoms with Gasteiger partial charge in [0.2, 0.25) is 0 Å². The average molecular weight is 823 g/mol. The van der Waals surface area contributed by atoms with E-state index in [9.17, 15) is 18.9 Å². The van der Waals surface area contributed by atoms with Crippen molar-refractivity contribution in [3.05, 3.63) is 48.6 Å². The highest BCUT2D eigenvalue weighted by molar-refractivity contribution is 7.46. The molecule has 0 saturated carbocycles. The number of phosphoric ester groups is 1. The lowest BCUT2D eigenvalue weighted by molar-refractivity contribution is -0.161. The molecule has 330 valence electrons. The van der Waals surface area contributed by atoms with Gasteiger partial charge in [0, 0.05) is 19.3 Å². The van der Waals surface area contributed by atoms with E-state index in [0.29, 0.717) is 25.7 Å². The van der Waals surface area contributed by atoms with Crippen molar-refractivity contribution in [3.63, 3.8) is 0 Å². The van der Waals surface area contributed by atoms with Crippen LogP contribution in [0.15, 0.2) is 48.6 Å². The number of phosphoric acid groups is 1. The maximum absolute atomic E-state index is 12.4. The number of ketones is 1. The highest BCUT2D eigenvalue weighted by atomic mass is 31.2. The first-order valence-corrected chi connectivity index (χ1v) is 24.4. The molecule has 0 amide bonds. The molecule has 0 saturated heterocycles. The molecule has 0 radical (unpaired) electrons. The Balaban J connectivity index is 3.96. The van der Waals surface area contributed by atoms with Crippen LogP contribution in [-0.2, 0) is 32.9 Å². The van der Waals surface area contributed by atoms with Crippen LogP contribution in [-0.4, -0.2) is 46.8 Å². The molecular formula is C47H83O9P. The molecule has 0 bridgehead atoms. The Bertz CT molecular complexity index is 1120. The first kappa shape index (κ1) is 54.7. The van der Waals surface area contributed by atoms with Crippen LogP contribution < -0.4 is 0 Å². The maximum Gasteiger partial charge on any atom is 0.469 e. The van der Waals surface area contributed by atoms with Gasteiger partial charge in [0.1, 0.15) is 6.61 Å². The molecule has 0 aliphatic heterocycles. The summed E-state index contributed by atoms with van der Waals surface area (Å²) in [5.41, 5.74) is 0. The van der Waals surface area contributed by atoms with E-state index in [1.165, 1.54) is 116 Å². The number of unbranched alkanes of at least 4 members (excludes halogenated alkanes) is 23. The molecule has 0 aromatic heterocycles. The number of esters is 2. The van der Waals surface area contributed by atoms with Crippen LogP contribution in [0.1, 0.15) is 213 Å². The second-order valence-electron chi connectivity index (χ2n) is 15.4. The van der Waals surface area contributed by atoms with Gasteiger partial charge in [-0.05, 0) is 44.6 Å². The van der Waals surface area contributed by atoms with Gasteiger partial charge in [0.05, 0.1) is 6.61 Å². The molecule has 0 aliphatic rings. The molecule has 57 heavy (non-hydrogen) atoms. The van der Waals surface area contributed by atoms with Crippen molar-refractivity contribution < 1.29 is 42.7 Å². The van der Waals surface area contributed by atoms with Crippen LogP contribution in [0.3, 0.4) is 0 Å². The zero-order valence-corrected chi connectivity index (χ0v) is 37.1. The molecule has 0 unspecified atom stereocenters. The first-order valence-electron chi connectivity index (χ1n) is 22.9. The fraction of sp³-hybridized carbons (Fsp3) is 0.766. The van der Waals surface area contributed by atoms with E-state index in [-0.39, 0.29) is 25.2 Å². The van der Waals surface area contributed by atoms with E-state index >= 15 is 0 Å². The van der Waals surface area contributed by atoms with E-state index in [1.807, 2.05) is 36.5 Å². The average Bonchev–Trinajstić information content (AvgIpc) is 3.18. The van der Waals surface area contributed by atoms with Crippen LogP contribution >= 0.6 is 7.82 Å². The van der Waals surface area contributed by atoms with Crippen LogP contribution in [0.4, 0.5) is 0 Å².